The van der Waals surface area contributed by atoms with E-state index in [9.17, 15) is 0 Å². The van der Waals surface area contributed by atoms with Crippen molar-refractivity contribution in [3.8, 4) is 0 Å². The molecular weight excluding hydrogens is 198 g/mol. The molecule has 1 aliphatic heterocycles. The molecule has 0 aromatic heterocycles. The fourth-order valence-corrected chi connectivity index (χ4v) is 1.79. The Labute approximate surface area is 91.8 Å². The third-order valence-corrected chi connectivity index (χ3v) is 2.67. The number of unbranched alkanes of at least 4 members (excludes halogenated alkanes) is 1. The number of hydrazone groups is 1. The van der Waals surface area contributed by atoms with Crippen LogP contribution in [0.4, 0.5) is 0 Å². The van der Waals surface area contributed by atoms with Gasteiger partial charge in [-0.05, 0) is 18.8 Å². The van der Waals surface area contributed by atoms with Gasteiger partial charge in [0.15, 0.2) is 0 Å². The van der Waals surface area contributed by atoms with Gasteiger partial charge in [-0.3, -0.25) is 5.01 Å². The van der Waals surface area contributed by atoms with Crippen LogP contribution < -0.4 is 0 Å². The predicted molar refractivity (Wildman–Crippen MR) is 61.0 cm³/mol. The predicted octanol–water partition coefficient (Wildman–Crippen LogP) is 2.87. The maximum absolute atomic E-state index is 6.04. The van der Waals surface area contributed by atoms with Crippen LogP contribution in [0.15, 0.2) is 5.10 Å². The van der Waals surface area contributed by atoms with Gasteiger partial charge in [0.25, 0.3) is 0 Å². The van der Waals surface area contributed by atoms with E-state index in [-0.39, 0.29) is 6.17 Å². The van der Waals surface area contributed by atoms with Crippen molar-refractivity contribution in [3.63, 3.8) is 0 Å². The molecule has 0 saturated carbocycles. The Hall–Kier alpha value is -0.440. The van der Waals surface area contributed by atoms with Gasteiger partial charge in [-0.25, -0.2) is 4.42 Å². The third kappa shape index (κ3) is 3.05. The molecule has 0 bridgehead atoms. The van der Waals surface area contributed by atoms with Crippen LogP contribution in [0.3, 0.4) is 0 Å². The lowest BCUT2D eigenvalue weighted by molar-refractivity contribution is 0.149. The Balaban J connectivity index is 2.43. The molecule has 0 saturated heterocycles. The van der Waals surface area contributed by atoms with E-state index in [0.29, 0.717) is 5.92 Å². The van der Waals surface area contributed by atoms with Crippen molar-refractivity contribution in [2.75, 3.05) is 6.54 Å². The van der Waals surface area contributed by atoms with Crippen molar-refractivity contribution in [3.05, 3.63) is 0 Å². The minimum atomic E-state index is 0.253. The van der Waals surface area contributed by atoms with Crippen LogP contribution in [0, 0.1) is 5.92 Å². The van der Waals surface area contributed by atoms with Gasteiger partial charge in [0.05, 0.1) is 0 Å². The minimum absolute atomic E-state index is 0.253. The molecule has 1 atom stereocenters. The summed E-state index contributed by atoms with van der Waals surface area (Å²) in [6.45, 7) is 7.62. The summed E-state index contributed by atoms with van der Waals surface area (Å²) >= 11 is 6.04. The van der Waals surface area contributed by atoms with Crippen LogP contribution in [0.2, 0.25) is 0 Å². The number of rotatable bonds is 5. The summed E-state index contributed by atoms with van der Waals surface area (Å²) in [7, 11) is 0. The van der Waals surface area contributed by atoms with Crippen LogP contribution in [-0.4, -0.2) is 28.5 Å². The van der Waals surface area contributed by atoms with Crippen LogP contribution in [-0.2, 0) is 0 Å². The molecule has 4 heteroatoms. The van der Waals surface area contributed by atoms with Crippen molar-refractivity contribution in [2.24, 2.45) is 11.0 Å². The number of halogens is 1. The second kappa shape index (κ2) is 5.44. The van der Waals surface area contributed by atoms with Crippen molar-refractivity contribution < 1.29 is 0 Å². The molecule has 0 aromatic carbocycles. The Morgan fingerprint density at radius 1 is 1.50 bits per heavy atom. The van der Waals surface area contributed by atoms with Gasteiger partial charge >= 0.3 is 0 Å². The summed E-state index contributed by atoms with van der Waals surface area (Å²) in [5.74, 6) is 0.645. The minimum Gasteiger partial charge on any atom is -0.272 e. The molecule has 0 aromatic rings. The monoisotopic (exact) mass is 217 g/mol. The summed E-state index contributed by atoms with van der Waals surface area (Å²) in [4.78, 5) is 0. The Kier molecular flexibility index (Phi) is 4.52. The molecular formula is C10H20ClN3. The maximum Gasteiger partial charge on any atom is 0.134 e. The maximum atomic E-state index is 6.04. The van der Waals surface area contributed by atoms with Gasteiger partial charge in [0.1, 0.15) is 12.5 Å². The first-order valence-corrected chi connectivity index (χ1v) is 5.73. The molecule has 0 aliphatic carbocycles. The highest BCUT2D eigenvalue weighted by Gasteiger charge is 2.26. The zero-order valence-corrected chi connectivity index (χ0v) is 10.0. The summed E-state index contributed by atoms with van der Waals surface area (Å²) < 4.78 is 1.69. The summed E-state index contributed by atoms with van der Waals surface area (Å²) in [6.07, 6.45) is 5.40. The molecule has 0 spiro atoms. The zero-order chi connectivity index (χ0) is 10.6. The lowest BCUT2D eigenvalue weighted by atomic mass is 10.1. The third-order valence-electron chi connectivity index (χ3n) is 2.36. The topological polar surface area (TPSA) is 18.8 Å². The Morgan fingerprint density at radius 2 is 2.21 bits per heavy atom. The fourth-order valence-electron chi connectivity index (χ4n) is 1.57. The lowest BCUT2D eigenvalue weighted by Crippen LogP contribution is -2.36. The molecule has 14 heavy (non-hydrogen) atoms. The van der Waals surface area contributed by atoms with Crippen LogP contribution in [0.25, 0.3) is 0 Å². The van der Waals surface area contributed by atoms with Gasteiger partial charge in [0, 0.05) is 18.3 Å². The summed E-state index contributed by atoms with van der Waals surface area (Å²) in [6, 6.07) is 0. The highest BCUT2D eigenvalue weighted by molar-refractivity contribution is 6.19. The van der Waals surface area contributed by atoms with Crippen molar-refractivity contribution in [1.82, 2.24) is 9.43 Å². The lowest BCUT2D eigenvalue weighted by Gasteiger charge is -2.27. The average Bonchev–Trinajstić information content (AvgIpc) is 2.45. The van der Waals surface area contributed by atoms with Crippen molar-refractivity contribution in [1.29, 1.82) is 0 Å². The highest BCUT2D eigenvalue weighted by Crippen LogP contribution is 2.21. The van der Waals surface area contributed by atoms with E-state index in [1.165, 1.54) is 12.8 Å². The van der Waals surface area contributed by atoms with Gasteiger partial charge in [0.2, 0.25) is 0 Å². The SMILES string of the molecule is CCCCN1N=CN(Cl)C1CC(C)C. The first-order valence-electron chi connectivity index (χ1n) is 5.40. The second-order valence-electron chi connectivity index (χ2n) is 4.20. The van der Waals surface area contributed by atoms with Crippen molar-refractivity contribution in [2.45, 2.75) is 46.2 Å². The molecule has 3 nitrogen and oxygen atoms in total. The number of hydrogen-bond acceptors (Lipinski definition) is 3. The van der Waals surface area contributed by atoms with E-state index in [2.05, 4.69) is 30.9 Å². The first kappa shape index (κ1) is 11.6. The molecule has 1 rings (SSSR count). The van der Waals surface area contributed by atoms with Crippen LogP contribution in [0.5, 0.6) is 0 Å². The Bertz CT molecular complexity index is 194. The first-order chi connectivity index (χ1) is 6.65. The molecule has 82 valence electrons. The molecule has 0 fully saturated rings. The van der Waals surface area contributed by atoms with E-state index in [1.807, 2.05) is 0 Å². The van der Waals surface area contributed by atoms with Gasteiger partial charge in [-0.1, -0.05) is 27.2 Å². The molecule has 0 N–H and O–H groups in total. The zero-order valence-electron chi connectivity index (χ0n) is 9.28. The standard InChI is InChI=1S/C10H20ClN3/c1-4-5-6-14-10(7-9(2)3)13(11)8-12-14/h8-10H,4-7H2,1-3H3. The van der Waals surface area contributed by atoms with E-state index < -0.39 is 0 Å². The number of hydrogen-bond donors (Lipinski definition) is 0. The summed E-state index contributed by atoms with van der Waals surface area (Å²) in [5, 5.41) is 6.38. The smallest absolute Gasteiger partial charge is 0.134 e. The summed E-state index contributed by atoms with van der Waals surface area (Å²) in [5.41, 5.74) is 0. The molecule has 0 radical (unpaired) electrons. The van der Waals surface area contributed by atoms with Gasteiger partial charge in [-0.2, -0.15) is 5.10 Å². The highest BCUT2D eigenvalue weighted by atomic mass is 35.5. The second-order valence-corrected chi connectivity index (χ2v) is 4.59. The number of nitrogens with zero attached hydrogens (tertiary/aromatic N) is 3. The molecule has 1 unspecified atom stereocenters. The molecule has 1 heterocycles. The largest absolute Gasteiger partial charge is 0.272 e. The fraction of sp³-hybridized carbons (Fsp3) is 0.900. The van der Waals surface area contributed by atoms with Gasteiger partial charge < -0.3 is 0 Å². The van der Waals surface area contributed by atoms with E-state index in [4.69, 9.17) is 11.8 Å². The van der Waals surface area contributed by atoms with Crippen LogP contribution >= 0.6 is 11.8 Å². The van der Waals surface area contributed by atoms with E-state index in [0.717, 1.165) is 13.0 Å². The van der Waals surface area contributed by atoms with Crippen molar-refractivity contribution >= 4 is 18.1 Å². The quantitative estimate of drug-likeness (QED) is 0.660. The van der Waals surface area contributed by atoms with Gasteiger partial charge in [-0.15, -0.1) is 0 Å². The molecule has 1 aliphatic rings. The normalized spacial score (nSPS) is 21.4. The average molecular weight is 218 g/mol. The van der Waals surface area contributed by atoms with E-state index in [1.54, 1.807) is 10.8 Å². The van der Waals surface area contributed by atoms with Crippen LogP contribution in [0.1, 0.15) is 40.0 Å². The Morgan fingerprint density at radius 3 is 2.79 bits per heavy atom. The van der Waals surface area contributed by atoms with E-state index >= 15 is 0 Å². The molecule has 0 amide bonds.